The summed E-state index contributed by atoms with van der Waals surface area (Å²) < 4.78 is 20.4. The second-order valence-electron chi connectivity index (χ2n) is 7.10. The molecule has 0 aromatic heterocycles. The first-order chi connectivity index (χ1) is 13.4. The minimum Gasteiger partial charge on any atom is -0.459 e. The van der Waals surface area contributed by atoms with Crippen LogP contribution in [-0.4, -0.2) is 42.3 Å². The van der Waals surface area contributed by atoms with Crippen molar-refractivity contribution in [1.29, 1.82) is 0 Å². The van der Waals surface area contributed by atoms with E-state index in [4.69, 9.17) is 10.5 Å². The summed E-state index contributed by atoms with van der Waals surface area (Å²) in [6, 6.07) is 15.5. The van der Waals surface area contributed by atoms with Crippen LogP contribution in [0.2, 0.25) is 0 Å². The number of benzene rings is 2. The standard InChI is InChI=1S/C21H24FN3O3/c1-15(16-6-3-2-4-7-16)25-11-10-21(22,13-25)14-28-19(26)17-8-5-9-18(12-17)24-20(23)27/h2-9,12,15H,10-11,13-14H2,1H3,(H3,23,24,27)/t15-,21-/m1/s1. The van der Waals surface area contributed by atoms with E-state index in [0.29, 0.717) is 18.7 Å². The first kappa shape index (κ1) is 19.8. The number of hydrogen-bond donors (Lipinski definition) is 2. The van der Waals surface area contributed by atoms with Gasteiger partial charge in [0, 0.05) is 24.8 Å². The number of alkyl halides is 1. The summed E-state index contributed by atoms with van der Waals surface area (Å²) in [4.78, 5) is 25.2. The van der Waals surface area contributed by atoms with E-state index in [-0.39, 0.29) is 24.8 Å². The Morgan fingerprint density at radius 3 is 2.71 bits per heavy atom. The van der Waals surface area contributed by atoms with Crippen LogP contribution in [0.3, 0.4) is 0 Å². The van der Waals surface area contributed by atoms with Gasteiger partial charge in [-0.05, 0) is 37.1 Å². The molecule has 2 aromatic rings. The zero-order chi connectivity index (χ0) is 20.1. The van der Waals surface area contributed by atoms with Crippen molar-refractivity contribution in [3.8, 4) is 0 Å². The smallest absolute Gasteiger partial charge is 0.338 e. The SMILES string of the molecule is C[C@H](c1ccccc1)N1CC[C@](F)(COC(=O)c2cccc(NC(N)=O)c2)C1. The maximum absolute atomic E-state index is 15.2. The van der Waals surface area contributed by atoms with Gasteiger partial charge in [0.25, 0.3) is 0 Å². The third-order valence-corrected chi connectivity index (χ3v) is 4.99. The number of primary amides is 1. The minimum atomic E-state index is -1.58. The van der Waals surface area contributed by atoms with Crippen molar-refractivity contribution >= 4 is 17.7 Å². The quantitative estimate of drug-likeness (QED) is 0.746. The van der Waals surface area contributed by atoms with Crippen molar-refractivity contribution in [3.63, 3.8) is 0 Å². The van der Waals surface area contributed by atoms with Crippen LogP contribution in [0.1, 0.15) is 35.3 Å². The van der Waals surface area contributed by atoms with Gasteiger partial charge < -0.3 is 15.8 Å². The second kappa shape index (κ2) is 8.39. The highest BCUT2D eigenvalue weighted by molar-refractivity contribution is 5.93. The molecule has 0 saturated carbocycles. The summed E-state index contributed by atoms with van der Waals surface area (Å²) in [5.74, 6) is -0.639. The molecule has 0 radical (unpaired) electrons. The fourth-order valence-corrected chi connectivity index (χ4v) is 3.40. The van der Waals surface area contributed by atoms with Gasteiger partial charge in [-0.3, -0.25) is 4.90 Å². The average Bonchev–Trinajstić information content (AvgIpc) is 3.08. The number of urea groups is 1. The largest absolute Gasteiger partial charge is 0.459 e. The Morgan fingerprint density at radius 2 is 2.00 bits per heavy atom. The Labute approximate surface area is 163 Å². The summed E-state index contributed by atoms with van der Waals surface area (Å²) in [7, 11) is 0. The fourth-order valence-electron chi connectivity index (χ4n) is 3.40. The van der Waals surface area contributed by atoms with Crippen molar-refractivity contribution in [2.45, 2.75) is 25.1 Å². The maximum atomic E-state index is 15.2. The summed E-state index contributed by atoms with van der Waals surface area (Å²) in [5.41, 5.74) is 5.21. The third kappa shape index (κ3) is 4.86. The number of carbonyl (C=O) groups excluding carboxylic acids is 2. The van der Waals surface area contributed by atoms with Gasteiger partial charge in [-0.2, -0.15) is 0 Å². The Bertz CT molecular complexity index is 846. The molecule has 0 spiro atoms. The van der Waals surface area contributed by atoms with Crippen LogP contribution in [0.15, 0.2) is 54.6 Å². The lowest BCUT2D eigenvalue weighted by molar-refractivity contribution is 0.0164. The molecule has 2 aromatic carbocycles. The zero-order valence-electron chi connectivity index (χ0n) is 15.7. The van der Waals surface area contributed by atoms with Crippen molar-refractivity contribution < 1.29 is 18.7 Å². The zero-order valence-corrected chi connectivity index (χ0v) is 15.7. The molecule has 1 aliphatic rings. The van der Waals surface area contributed by atoms with E-state index in [2.05, 4.69) is 10.2 Å². The number of carbonyl (C=O) groups is 2. The van der Waals surface area contributed by atoms with Crippen LogP contribution in [0, 0.1) is 0 Å². The summed E-state index contributed by atoms with van der Waals surface area (Å²) >= 11 is 0. The summed E-state index contributed by atoms with van der Waals surface area (Å²) in [6.07, 6.45) is 0.306. The van der Waals surface area contributed by atoms with E-state index in [1.165, 1.54) is 12.1 Å². The predicted octanol–water partition coefficient (Wildman–Crippen LogP) is 3.51. The van der Waals surface area contributed by atoms with E-state index in [9.17, 15) is 9.59 Å². The van der Waals surface area contributed by atoms with Crippen LogP contribution >= 0.6 is 0 Å². The lowest BCUT2D eigenvalue weighted by Gasteiger charge is -2.26. The number of anilines is 1. The highest BCUT2D eigenvalue weighted by Crippen LogP contribution is 2.32. The van der Waals surface area contributed by atoms with Gasteiger partial charge >= 0.3 is 12.0 Å². The topological polar surface area (TPSA) is 84.7 Å². The molecule has 1 fully saturated rings. The highest BCUT2D eigenvalue weighted by Gasteiger charge is 2.41. The van der Waals surface area contributed by atoms with Crippen LogP contribution in [-0.2, 0) is 4.74 Å². The van der Waals surface area contributed by atoms with Gasteiger partial charge in [0.2, 0.25) is 0 Å². The molecule has 2 atom stereocenters. The first-order valence-corrected chi connectivity index (χ1v) is 9.18. The molecule has 6 nitrogen and oxygen atoms in total. The molecule has 0 aliphatic carbocycles. The fraction of sp³-hybridized carbons (Fsp3) is 0.333. The number of hydrogen-bond acceptors (Lipinski definition) is 4. The van der Waals surface area contributed by atoms with E-state index in [1.54, 1.807) is 12.1 Å². The molecule has 3 rings (SSSR count). The molecule has 0 unspecified atom stereocenters. The van der Waals surface area contributed by atoms with E-state index in [1.807, 2.05) is 37.3 Å². The van der Waals surface area contributed by atoms with Crippen LogP contribution in [0.4, 0.5) is 14.9 Å². The number of likely N-dealkylation sites (tertiary alicyclic amines) is 1. The second-order valence-corrected chi connectivity index (χ2v) is 7.10. The highest BCUT2D eigenvalue weighted by atomic mass is 19.1. The molecule has 7 heteroatoms. The summed E-state index contributed by atoms with van der Waals surface area (Å²) in [6.45, 7) is 2.55. The molecule has 1 aliphatic heterocycles. The first-order valence-electron chi connectivity index (χ1n) is 9.18. The Balaban J connectivity index is 1.57. The molecule has 28 heavy (non-hydrogen) atoms. The van der Waals surface area contributed by atoms with Gasteiger partial charge in [-0.25, -0.2) is 14.0 Å². The number of nitrogens with two attached hydrogens (primary N) is 1. The molecule has 0 bridgehead atoms. The van der Waals surface area contributed by atoms with Crippen molar-refractivity contribution in [2.24, 2.45) is 5.73 Å². The third-order valence-electron chi connectivity index (χ3n) is 4.99. The van der Waals surface area contributed by atoms with Crippen molar-refractivity contribution in [2.75, 3.05) is 25.0 Å². The lowest BCUT2D eigenvalue weighted by atomic mass is 10.1. The maximum Gasteiger partial charge on any atom is 0.338 e. The van der Waals surface area contributed by atoms with E-state index >= 15 is 4.39 Å². The van der Waals surface area contributed by atoms with Gasteiger partial charge in [0.15, 0.2) is 5.67 Å². The van der Waals surface area contributed by atoms with Crippen LogP contribution in [0.25, 0.3) is 0 Å². The predicted molar refractivity (Wildman–Crippen MR) is 105 cm³/mol. The molecule has 148 valence electrons. The van der Waals surface area contributed by atoms with E-state index < -0.39 is 17.7 Å². The van der Waals surface area contributed by atoms with Gasteiger partial charge in [-0.15, -0.1) is 0 Å². The van der Waals surface area contributed by atoms with E-state index in [0.717, 1.165) is 5.56 Å². The van der Waals surface area contributed by atoms with Gasteiger partial charge in [0.1, 0.15) is 6.61 Å². The average molecular weight is 385 g/mol. The molecule has 1 heterocycles. The number of nitrogens with one attached hydrogen (secondary N) is 1. The number of rotatable bonds is 6. The molecular weight excluding hydrogens is 361 g/mol. The van der Waals surface area contributed by atoms with Crippen LogP contribution in [0.5, 0.6) is 0 Å². The number of halogens is 1. The van der Waals surface area contributed by atoms with Gasteiger partial charge in [0.05, 0.1) is 5.56 Å². The molecule has 3 N–H and O–H groups in total. The normalized spacial score (nSPS) is 20.5. The number of nitrogens with zero attached hydrogens (tertiary/aromatic N) is 1. The van der Waals surface area contributed by atoms with Crippen molar-refractivity contribution in [1.82, 2.24) is 4.90 Å². The van der Waals surface area contributed by atoms with Gasteiger partial charge in [-0.1, -0.05) is 36.4 Å². The van der Waals surface area contributed by atoms with Crippen LogP contribution < -0.4 is 11.1 Å². The monoisotopic (exact) mass is 385 g/mol. The number of amides is 2. The minimum absolute atomic E-state index is 0.0890. The number of esters is 1. The molecule has 2 amide bonds. The Hall–Kier alpha value is -2.93. The summed E-state index contributed by atoms with van der Waals surface area (Å²) in [5, 5.41) is 2.39. The Morgan fingerprint density at radius 1 is 1.25 bits per heavy atom. The molecular formula is C21H24FN3O3. The van der Waals surface area contributed by atoms with Crippen molar-refractivity contribution in [3.05, 3.63) is 65.7 Å². The Kier molecular flexibility index (Phi) is 5.94. The number of ether oxygens (including phenoxy) is 1. The molecule has 1 saturated heterocycles. The lowest BCUT2D eigenvalue weighted by Crippen LogP contribution is -2.35.